The minimum Gasteiger partial charge on any atom is -0.491 e. The summed E-state index contributed by atoms with van der Waals surface area (Å²) < 4.78 is 5.58. The molecule has 0 heterocycles. The van der Waals surface area contributed by atoms with Gasteiger partial charge in [0.25, 0.3) is 0 Å². The molecule has 0 saturated heterocycles. The number of hydrogen-bond donors (Lipinski definition) is 3. The van der Waals surface area contributed by atoms with Crippen LogP contribution in [-0.2, 0) is 6.42 Å². The molecule has 2 unspecified atom stereocenters. The van der Waals surface area contributed by atoms with Crippen molar-refractivity contribution < 1.29 is 14.9 Å². The molecule has 0 radical (unpaired) electrons. The van der Waals surface area contributed by atoms with E-state index in [-0.39, 0.29) is 12.7 Å². The number of aryl methyl sites for hydroxylation is 1. The molecule has 0 aliphatic heterocycles. The van der Waals surface area contributed by atoms with E-state index in [0.717, 1.165) is 31.6 Å². The van der Waals surface area contributed by atoms with Gasteiger partial charge >= 0.3 is 0 Å². The lowest BCUT2D eigenvalue weighted by atomic mass is 10.2. The third-order valence-corrected chi connectivity index (χ3v) is 3.10. The van der Waals surface area contributed by atoms with Crippen molar-refractivity contribution in [3.8, 4) is 5.75 Å². The van der Waals surface area contributed by atoms with Crippen LogP contribution in [0.3, 0.4) is 0 Å². The first-order valence-corrected chi connectivity index (χ1v) is 7.40. The molecule has 4 nitrogen and oxygen atoms in total. The van der Waals surface area contributed by atoms with Crippen LogP contribution < -0.4 is 10.1 Å². The summed E-state index contributed by atoms with van der Waals surface area (Å²) in [7, 11) is 0. The SMILES string of the molecule is CCc1cccc(OCC(O)CNCCCC(C)O)c1. The Morgan fingerprint density at radius 3 is 2.80 bits per heavy atom. The predicted molar refractivity (Wildman–Crippen MR) is 81.1 cm³/mol. The largest absolute Gasteiger partial charge is 0.491 e. The summed E-state index contributed by atoms with van der Waals surface area (Å²) in [6.07, 6.45) is 1.89. The monoisotopic (exact) mass is 281 g/mol. The zero-order chi connectivity index (χ0) is 14.8. The Balaban J connectivity index is 2.14. The lowest BCUT2D eigenvalue weighted by Crippen LogP contribution is -2.32. The molecule has 114 valence electrons. The second kappa shape index (κ2) is 9.75. The molecule has 0 fully saturated rings. The molecule has 0 spiro atoms. The van der Waals surface area contributed by atoms with Crippen molar-refractivity contribution in [3.63, 3.8) is 0 Å². The highest BCUT2D eigenvalue weighted by atomic mass is 16.5. The number of nitrogens with one attached hydrogen (secondary N) is 1. The van der Waals surface area contributed by atoms with Crippen LogP contribution in [0.1, 0.15) is 32.3 Å². The number of aliphatic hydroxyl groups excluding tert-OH is 2. The molecule has 1 aromatic rings. The van der Waals surface area contributed by atoms with Gasteiger partial charge in [0, 0.05) is 6.54 Å². The van der Waals surface area contributed by atoms with Crippen LogP contribution in [0.5, 0.6) is 5.75 Å². The highest BCUT2D eigenvalue weighted by Gasteiger charge is 2.05. The Kier molecular flexibility index (Phi) is 8.26. The Labute approximate surface area is 121 Å². The van der Waals surface area contributed by atoms with Gasteiger partial charge in [-0.15, -0.1) is 0 Å². The minimum absolute atomic E-state index is 0.254. The second-order valence-corrected chi connectivity index (χ2v) is 5.16. The lowest BCUT2D eigenvalue weighted by molar-refractivity contribution is 0.106. The summed E-state index contributed by atoms with van der Waals surface area (Å²) in [6.45, 7) is 5.48. The van der Waals surface area contributed by atoms with E-state index < -0.39 is 6.10 Å². The molecular formula is C16H27NO3. The topological polar surface area (TPSA) is 61.7 Å². The molecule has 2 atom stereocenters. The Morgan fingerprint density at radius 1 is 1.30 bits per heavy atom. The van der Waals surface area contributed by atoms with Gasteiger partial charge < -0.3 is 20.3 Å². The summed E-state index contributed by atoms with van der Waals surface area (Å²) in [6, 6.07) is 7.94. The fraction of sp³-hybridized carbons (Fsp3) is 0.625. The molecule has 0 aromatic heterocycles. The first-order valence-electron chi connectivity index (χ1n) is 7.40. The average molecular weight is 281 g/mol. The van der Waals surface area contributed by atoms with Crippen molar-refractivity contribution in [1.29, 1.82) is 0 Å². The molecule has 1 aromatic carbocycles. The molecule has 0 aliphatic carbocycles. The molecule has 20 heavy (non-hydrogen) atoms. The van der Waals surface area contributed by atoms with Crippen molar-refractivity contribution in [2.24, 2.45) is 0 Å². The molecule has 1 rings (SSSR count). The van der Waals surface area contributed by atoms with Gasteiger partial charge in [0.05, 0.1) is 6.10 Å². The summed E-state index contributed by atoms with van der Waals surface area (Å²) >= 11 is 0. The van der Waals surface area contributed by atoms with E-state index >= 15 is 0 Å². The first kappa shape index (κ1) is 17.0. The average Bonchev–Trinajstić information content (AvgIpc) is 2.44. The number of rotatable bonds is 10. The quantitative estimate of drug-likeness (QED) is 0.572. The minimum atomic E-state index is -0.521. The highest BCUT2D eigenvalue weighted by molar-refractivity contribution is 5.28. The molecule has 3 N–H and O–H groups in total. The van der Waals surface area contributed by atoms with Crippen molar-refractivity contribution in [2.45, 2.75) is 45.3 Å². The third kappa shape index (κ3) is 7.48. The van der Waals surface area contributed by atoms with Crippen LogP contribution >= 0.6 is 0 Å². The van der Waals surface area contributed by atoms with Gasteiger partial charge in [0.15, 0.2) is 0 Å². The maximum Gasteiger partial charge on any atom is 0.119 e. The summed E-state index contributed by atoms with van der Waals surface area (Å²) in [5.74, 6) is 0.803. The maximum atomic E-state index is 9.81. The third-order valence-electron chi connectivity index (χ3n) is 3.10. The number of ether oxygens (including phenoxy) is 1. The van der Waals surface area contributed by atoms with Gasteiger partial charge in [-0.05, 0) is 50.4 Å². The van der Waals surface area contributed by atoms with Crippen molar-refractivity contribution >= 4 is 0 Å². The van der Waals surface area contributed by atoms with E-state index in [9.17, 15) is 5.11 Å². The number of hydrogen-bond acceptors (Lipinski definition) is 4. The summed E-state index contributed by atoms with van der Waals surface area (Å²) in [5, 5.41) is 22.1. The van der Waals surface area contributed by atoms with E-state index in [4.69, 9.17) is 9.84 Å². The highest BCUT2D eigenvalue weighted by Crippen LogP contribution is 2.13. The van der Waals surface area contributed by atoms with Gasteiger partial charge in [-0.2, -0.15) is 0 Å². The van der Waals surface area contributed by atoms with E-state index in [1.54, 1.807) is 6.92 Å². The fourth-order valence-corrected chi connectivity index (χ4v) is 1.90. The lowest BCUT2D eigenvalue weighted by Gasteiger charge is -2.14. The van der Waals surface area contributed by atoms with Gasteiger partial charge in [-0.3, -0.25) is 0 Å². The predicted octanol–water partition coefficient (Wildman–Crippen LogP) is 1.74. The van der Waals surface area contributed by atoms with Crippen LogP contribution in [0.4, 0.5) is 0 Å². The summed E-state index contributed by atoms with van der Waals surface area (Å²) in [4.78, 5) is 0. The van der Waals surface area contributed by atoms with Crippen LogP contribution in [0.25, 0.3) is 0 Å². The van der Waals surface area contributed by atoms with Gasteiger partial charge in [0.1, 0.15) is 18.5 Å². The van der Waals surface area contributed by atoms with Gasteiger partial charge in [-0.25, -0.2) is 0 Å². The molecule has 0 amide bonds. The van der Waals surface area contributed by atoms with E-state index in [2.05, 4.69) is 18.3 Å². The molecule has 0 bridgehead atoms. The zero-order valence-electron chi connectivity index (χ0n) is 12.5. The summed E-state index contributed by atoms with van der Waals surface area (Å²) in [5.41, 5.74) is 1.23. The maximum absolute atomic E-state index is 9.81. The van der Waals surface area contributed by atoms with Crippen molar-refractivity contribution in [1.82, 2.24) is 5.32 Å². The fourth-order valence-electron chi connectivity index (χ4n) is 1.90. The Bertz CT molecular complexity index is 368. The first-order chi connectivity index (χ1) is 9.61. The normalized spacial score (nSPS) is 14.0. The van der Waals surface area contributed by atoms with Crippen molar-refractivity contribution in [3.05, 3.63) is 29.8 Å². The number of benzene rings is 1. The Hall–Kier alpha value is -1.10. The van der Waals surface area contributed by atoms with Gasteiger partial charge in [-0.1, -0.05) is 19.1 Å². The van der Waals surface area contributed by atoms with E-state index in [0.29, 0.717) is 6.54 Å². The van der Waals surface area contributed by atoms with Gasteiger partial charge in [0.2, 0.25) is 0 Å². The van der Waals surface area contributed by atoms with E-state index in [1.807, 2.05) is 18.2 Å². The molecule has 0 aliphatic rings. The molecular weight excluding hydrogens is 254 g/mol. The standard InChI is InChI=1S/C16H27NO3/c1-3-14-7-4-8-16(10-14)20-12-15(19)11-17-9-5-6-13(2)18/h4,7-8,10,13,15,17-19H,3,5-6,9,11-12H2,1-2H3. The second-order valence-electron chi connectivity index (χ2n) is 5.16. The van der Waals surface area contributed by atoms with E-state index in [1.165, 1.54) is 5.56 Å². The van der Waals surface area contributed by atoms with Crippen molar-refractivity contribution in [2.75, 3.05) is 19.7 Å². The van der Waals surface area contributed by atoms with Crippen LogP contribution in [-0.4, -0.2) is 42.1 Å². The smallest absolute Gasteiger partial charge is 0.119 e. The zero-order valence-corrected chi connectivity index (χ0v) is 12.5. The number of aliphatic hydroxyl groups is 2. The Morgan fingerprint density at radius 2 is 2.10 bits per heavy atom. The molecule has 4 heteroatoms. The van der Waals surface area contributed by atoms with Crippen LogP contribution in [0, 0.1) is 0 Å². The molecule has 0 saturated carbocycles. The van der Waals surface area contributed by atoms with Crippen LogP contribution in [0.2, 0.25) is 0 Å². The van der Waals surface area contributed by atoms with Crippen LogP contribution in [0.15, 0.2) is 24.3 Å².